The summed E-state index contributed by atoms with van der Waals surface area (Å²) in [5.41, 5.74) is 2.06. The Kier molecular flexibility index (Phi) is 16.6. The second-order valence-corrected chi connectivity index (χ2v) is 16.3. The maximum Gasteiger partial charge on any atom is 0.306 e. The number of hydrogen-bond donors (Lipinski definition) is 5. The number of fused-ring (bicyclic) bond motifs is 3. The maximum absolute atomic E-state index is 14.0. The molecular weight excluding hydrogens is 778 g/mol. The molecule has 330 valence electrons. The number of rotatable bonds is 22. The Balaban J connectivity index is 1.20. The van der Waals surface area contributed by atoms with Crippen LogP contribution in [0.25, 0.3) is 0 Å². The van der Waals surface area contributed by atoms with Gasteiger partial charge in [-0.3, -0.25) is 24.0 Å². The molecule has 15 nitrogen and oxygen atoms in total. The fourth-order valence-electron chi connectivity index (χ4n) is 8.36. The second-order valence-electron chi connectivity index (χ2n) is 16.3. The van der Waals surface area contributed by atoms with Gasteiger partial charge in [0.05, 0.1) is 61.6 Å². The number of hydrogen-bond acceptors (Lipinski definition) is 15. The number of aliphatic hydroxyl groups is 2. The zero-order chi connectivity index (χ0) is 43.6. The van der Waals surface area contributed by atoms with Crippen LogP contribution < -0.4 is 10.5 Å². The zero-order valence-electron chi connectivity index (χ0n) is 35.0. The van der Waals surface area contributed by atoms with Crippen molar-refractivity contribution in [1.82, 2.24) is 0 Å². The summed E-state index contributed by atoms with van der Waals surface area (Å²) < 4.78 is 27.7. The van der Waals surface area contributed by atoms with E-state index in [1.54, 1.807) is 6.92 Å². The van der Waals surface area contributed by atoms with Gasteiger partial charge in [0.15, 0.2) is 18.7 Å². The van der Waals surface area contributed by atoms with Gasteiger partial charge in [-0.2, -0.15) is 0 Å². The number of phenolic OH excluding ortho intramolecular Hbond substituents is 2. The monoisotopic (exact) mass is 839 g/mol. The molecule has 0 saturated carbocycles. The van der Waals surface area contributed by atoms with Crippen LogP contribution in [0.1, 0.15) is 166 Å². The van der Waals surface area contributed by atoms with Crippen LogP contribution in [0.2, 0.25) is 0 Å². The molecule has 1 aliphatic heterocycles. The van der Waals surface area contributed by atoms with Gasteiger partial charge in [0.2, 0.25) is 11.6 Å². The third kappa shape index (κ3) is 10.9. The van der Waals surface area contributed by atoms with Crippen molar-refractivity contribution in [3.05, 3.63) is 51.6 Å². The minimum Gasteiger partial charge on any atom is -0.507 e. The van der Waals surface area contributed by atoms with Crippen LogP contribution in [-0.2, 0) is 39.8 Å². The molecule has 15 heteroatoms. The van der Waals surface area contributed by atoms with Crippen LogP contribution in [0.15, 0.2) is 18.2 Å². The van der Waals surface area contributed by atoms with Crippen LogP contribution in [0.3, 0.4) is 0 Å². The fraction of sp³-hybridized carbons (Fsp3) is 0.622. The molecule has 1 heterocycles. The van der Waals surface area contributed by atoms with Crippen molar-refractivity contribution >= 4 is 29.3 Å². The lowest BCUT2D eigenvalue weighted by Crippen LogP contribution is -2.53. The number of methoxy groups -OCH3 is 1. The first-order valence-corrected chi connectivity index (χ1v) is 21.4. The Hall–Kier alpha value is -4.41. The molecule has 2 aliphatic carbocycles. The van der Waals surface area contributed by atoms with Gasteiger partial charge in [-0.25, -0.2) is 0 Å². The average molecular weight is 840 g/mol. The molecule has 0 aromatic heterocycles. The fourth-order valence-corrected chi connectivity index (χ4v) is 8.36. The minimum absolute atomic E-state index is 0.0389. The van der Waals surface area contributed by atoms with Gasteiger partial charge in [0.25, 0.3) is 0 Å². The molecule has 6 atom stereocenters. The van der Waals surface area contributed by atoms with E-state index in [4.69, 9.17) is 29.4 Å². The number of ketones is 3. The van der Waals surface area contributed by atoms with Crippen LogP contribution in [0.4, 0.5) is 0 Å². The Morgan fingerprint density at radius 1 is 0.850 bits per heavy atom. The number of Topliss-reactive ketones (excluding diaryl/α,β-unsaturated/α-hetero) is 1. The predicted molar refractivity (Wildman–Crippen MR) is 217 cm³/mol. The van der Waals surface area contributed by atoms with Crippen molar-refractivity contribution in [3.63, 3.8) is 0 Å². The Morgan fingerprint density at radius 3 is 2.07 bits per heavy atom. The van der Waals surface area contributed by atoms with Crippen molar-refractivity contribution in [2.45, 2.75) is 159 Å². The zero-order valence-corrected chi connectivity index (χ0v) is 35.0. The molecule has 2 aromatic carbocycles. The summed E-state index contributed by atoms with van der Waals surface area (Å²) in [6.07, 6.45) is 7.79. The first kappa shape index (κ1) is 46.7. The van der Waals surface area contributed by atoms with E-state index in [9.17, 15) is 44.4 Å². The summed E-state index contributed by atoms with van der Waals surface area (Å²) in [5, 5.41) is 45.8. The molecule has 0 spiro atoms. The molecule has 0 bridgehead atoms. The van der Waals surface area contributed by atoms with Crippen LogP contribution in [-0.4, -0.2) is 100 Å². The first-order valence-electron chi connectivity index (χ1n) is 21.4. The van der Waals surface area contributed by atoms with E-state index in [2.05, 4.69) is 6.92 Å². The quantitative estimate of drug-likeness (QED) is 0.0472. The van der Waals surface area contributed by atoms with Crippen LogP contribution in [0, 0.1) is 0 Å². The van der Waals surface area contributed by atoms with Gasteiger partial charge in [-0.1, -0.05) is 89.7 Å². The second kappa shape index (κ2) is 21.4. The van der Waals surface area contributed by atoms with Crippen molar-refractivity contribution in [2.75, 3.05) is 20.3 Å². The molecule has 0 unspecified atom stereocenters. The third-order valence-electron chi connectivity index (χ3n) is 11.8. The van der Waals surface area contributed by atoms with Gasteiger partial charge in [-0.05, 0) is 19.4 Å². The van der Waals surface area contributed by atoms with Crippen LogP contribution in [0.5, 0.6) is 17.2 Å². The van der Waals surface area contributed by atoms with Crippen molar-refractivity contribution in [2.24, 2.45) is 5.73 Å². The van der Waals surface area contributed by atoms with E-state index < -0.39 is 108 Å². The van der Waals surface area contributed by atoms with E-state index >= 15 is 0 Å². The molecule has 2 aromatic rings. The number of ether oxygens (including phenoxy) is 5. The summed E-state index contributed by atoms with van der Waals surface area (Å²) >= 11 is 0. The number of esters is 2. The largest absolute Gasteiger partial charge is 0.507 e. The summed E-state index contributed by atoms with van der Waals surface area (Å²) in [7, 11) is 1.31. The van der Waals surface area contributed by atoms with Gasteiger partial charge < -0.3 is 49.8 Å². The maximum atomic E-state index is 14.0. The Bertz CT molecular complexity index is 1870. The summed E-state index contributed by atoms with van der Waals surface area (Å²) in [6.45, 7) is 3.11. The van der Waals surface area contributed by atoms with Crippen molar-refractivity contribution in [3.8, 4) is 17.2 Å². The average Bonchev–Trinajstić information content (AvgIpc) is 3.22. The number of carbonyl (C=O) groups excluding carboxylic acids is 5. The molecule has 3 aliphatic rings. The standard InChI is InChI=1S/C45H61NO14/c1-4-5-6-7-8-9-10-11-12-13-14-15-21-57-33(48)19-20-34(49)58-25-32(47)45(55)23-28-37(31(24-45)60-35-22-29(46)40(50)26(2)59-35)44(54)39-38(42(28)52)41(51)27-17-16-18-30(56-3)36(27)43(39)53/h16-18,26,29,31,35,40,50,52,54-55H,4-15,19-25,46H2,1-3H3/t26-,29-,31-,35-,40+,45-/m0/s1. The predicted octanol–water partition coefficient (Wildman–Crippen LogP) is 5.58. The molecule has 5 rings (SSSR count). The van der Waals surface area contributed by atoms with Gasteiger partial charge in [0.1, 0.15) is 22.8 Å². The highest BCUT2D eigenvalue weighted by atomic mass is 16.7. The normalized spacial score (nSPS) is 23.3. The topological polar surface area (TPSA) is 238 Å². The lowest BCUT2D eigenvalue weighted by molar-refractivity contribution is -0.247. The number of nitrogens with two attached hydrogens (primary N) is 1. The number of unbranched alkanes of at least 4 members (excludes halogenated alkanes) is 11. The van der Waals surface area contributed by atoms with Gasteiger partial charge >= 0.3 is 11.9 Å². The van der Waals surface area contributed by atoms with Crippen molar-refractivity contribution in [1.29, 1.82) is 0 Å². The highest BCUT2D eigenvalue weighted by Crippen LogP contribution is 2.52. The Labute approximate surface area is 350 Å². The van der Waals surface area contributed by atoms with E-state index in [0.717, 1.165) is 25.7 Å². The van der Waals surface area contributed by atoms with Crippen LogP contribution >= 0.6 is 0 Å². The highest BCUT2D eigenvalue weighted by molar-refractivity contribution is 6.31. The molecule has 0 radical (unpaired) electrons. The molecule has 60 heavy (non-hydrogen) atoms. The summed E-state index contributed by atoms with van der Waals surface area (Å²) in [4.78, 5) is 66.4. The lowest BCUT2D eigenvalue weighted by atomic mass is 9.72. The number of phenols is 2. The number of carbonyl (C=O) groups is 5. The highest BCUT2D eigenvalue weighted by Gasteiger charge is 2.50. The summed E-state index contributed by atoms with van der Waals surface area (Å²) in [5.74, 6) is -5.48. The first-order chi connectivity index (χ1) is 28.7. The lowest BCUT2D eigenvalue weighted by Gasteiger charge is -2.42. The number of aliphatic hydroxyl groups excluding tert-OH is 1. The third-order valence-corrected chi connectivity index (χ3v) is 11.8. The molecule has 1 fully saturated rings. The molecule has 0 amide bonds. The van der Waals surface area contributed by atoms with E-state index in [1.165, 1.54) is 76.7 Å². The van der Waals surface area contributed by atoms with E-state index in [-0.39, 0.29) is 53.9 Å². The number of benzene rings is 2. The summed E-state index contributed by atoms with van der Waals surface area (Å²) in [6, 6.07) is 3.54. The van der Waals surface area contributed by atoms with Gasteiger partial charge in [0, 0.05) is 42.0 Å². The van der Waals surface area contributed by atoms with Crippen molar-refractivity contribution < 1.29 is 68.1 Å². The molecular formula is C45H61NO14. The Morgan fingerprint density at radius 2 is 1.45 bits per heavy atom. The molecule has 6 N–H and O–H groups in total. The smallest absolute Gasteiger partial charge is 0.306 e. The minimum atomic E-state index is -2.39. The van der Waals surface area contributed by atoms with Gasteiger partial charge in [-0.15, -0.1) is 0 Å². The van der Waals surface area contributed by atoms with E-state index in [1.807, 2.05) is 0 Å². The van der Waals surface area contributed by atoms with E-state index in [0.29, 0.717) is 0 Å². The SMILES string of the molecule is CCCCCCCCCCCCCCOC(=O)CCC(=O)OCC(=O)[C@]1(O)Cc2c(O)c3c(c(O)c2[C@@H](O[C@H]2C[C@H](N)[C@H](O)[C@H](C)O2)C1)C(=O)c1c(OC)cccc1C3=O. The molecule has 1 saturated heterocycles. The number of aromatic hydroxyl groups is 2.